The van der Waals surface area contributed by atoms with Crippen LogP contribution in [0, 0.1) is 0 Å². The molecule has 28 heavy (non-hydrogen) atoms. The maximum absolute atomic E-state index is 13.3. The number of phenols is 1. The summed E-state index contributed by atoms with van der Waals surface area (Å²) in [7, 11) is -2.16. The minimum atomic E-state index is -3.68. The Balaban J connectivity index is 1.81. The van der Waals surface area contributed by atoms with Crippen molar-refractivity contribution in [3.05, 3.63) is 59.7 Å². The first-order valence-electron chi connectivity index (χ1n) is 9.53. The molecule has 2 N–H and O–H groups in total. The molecule has 0 spiro atoms. The van der Waals surface area contributed by atoms with Crippen molar-refractivity contribution in [2.45, 2.75) is 43.0 Å². The van der Waals surface area contributed by atoms with Crippen LogP contribution in [0.2, 0.25) is 0 Å². The molecule has 1 amide bonds. The van der Waals surface area contributed by atoms with E-state index >= 15 is 0 Å². The van der Waals surface area contributed by atoms with Gasteiger partial charge in [-0.15, -0.1) is 0 Å². The molecule has 1 aliphatic heterocycles. The molecule has 0 radical (unpaired) electrons. The normalized spacial score (nSPS) is 18.0. The van der Waals surface area contributed by atoms with E-state index in [-0.39, 0.29) is 22.6 Å². The van der Waals surface area contributed by atoms with Crippen molar-refractivity contribution in [3.63, 3.8) is 0 Å². The number of hydrogen-bond donors (Lipinski definition) is 2. The number of nitrogens with one attached hydrogen (secondary N) is 1. The molecule has 7 heteroatoms. The second-order valence-electron chi connectivity index (χ2n) is 7.08. The maximum atomic E-state index is 13.3. The van der Waals surface area contributed by atoms with Gasteiger partial charge in [0.15, 0.2) is 0 Å². The van der Waals surface area contributed by atoms with Gasteiger partial charge < -0.3 is 10.4 Å². The largest absolute Gasteiger partial charge is 0.508 e. The Morgan fingerprint density at radius 3 is 2.71 bits per heavy atom. The van der Waals surface area contributed by atoms with E-state index in [1.165, 1.54) is 13.1 Å². The number of sulfonamides is 1. The first-order valence-corrected chi connectivity index (χ1v) is 11.0. The zero-order valence-corrected chi connectivity index (χ0v) is 16.8. The van der Waals surface area contributed by atoms with Crippen LogP contribution in [0.1, 0.15) is 41.6 Å². The number of phenolic OH excluding ortho intramolecular Hbond substituents is 1. The van der Waals surface area contributed by atoms with Crippen LogP contribution in [0.25, 0.3) is 0 Å². The van der Waals surface area contributed by atoms with E-state index in [4.69, 9.17) is 0 Å². The van der Waals surface area contributed by atoms with E-state index in [1.807, 2.05) is 6.07 Å². The molecule has 2 aromatic carbocycles. The highest BCUT2D eigenvalue weighted by Crippen LogP contribution is 2.28. The van der Waals surface area contributed by atoms with E-state index in [0.717, 1.165) is 24.8 Å². The second-order valence-corrected chi connectivity index (χ2v) is 8.97. The third kappa shape index (κ3) is 4.54. The number of piperidine rings is 1. The van der Waals surface area contributed by atoms with E-state index in [0.29, 0.717) is 24.9 Å². The van der Waals surface area contributed by atoms with Crippen LogP contribution >= 0.6 is 0 Å². The van der Waals surface area contributed by atoms with Crippen LogP contribution in [0.5, 0.6) is 5.75 Å². The molecule has 0 aliphatic carbocycles. The van der Waals surface area contributed by atoms with E-state index in [1.54, 1.807) is 40.7 Å². The van der Waals surface area contributed by atoms with E-state index in [2.05, 4.69) is 5.32 Å². The van der Waals surface area contributed by atoms with Crippen LogP contribution in [0.15, 0.2) is 53.4 Å². The minimum absolute atomic E-state index is 0.0928. The van der Waals surface area contributed by atoms with Crippen molar-refractivity contribution in [2.24, 2.45) is 0 Å². The van der Waals surface area contributed by atoms with Gasteiger partial charge >= 0.3 is 0 Å². The molecule has 1 saturated heterocycles. The van der Waals surface area contributed by atoms with Crippen molar-refractivity contribution < 1.29 is 18.3 Å². The van der Waals surface area contributed by atoms with Crippen LogP contribution in [-0.4, -0.2) is 43.4 Å². The van der Waals surface area contributed by atoms with E-state index < -0.39 is 10.0 Å². The quantitative estimate of drug-likeness (QED) is 0.778. The summed E-state index contributed by atoms with van der Waals surface area (Å²) in [6.07, 6.45) is 4.03. The number of aromatic hydroxyl groups is 1. The Hall–Kier alpha value is -2.38. The lowest BCUT2D eigenvalue weighted by Gasteiger charge is -2.35. The number of carbonyl (C=O) groups is 1. The predicted molar refractivity (Wildman–Crippen MR) is 108 cm³/mol. The molecule has 1 fully saturated rings. The molecule has 1 atom stereocenters. The molecular weight excluding hydrogens is 376 g/mol. The number of amides is 1. The number of nitrogens with zero attached hydrogens (tertiary/aromatic N) is 1. The highest BCUT2D eigenvalue weighted by molar-refractivity contribution is 7.89. The van der Waals surface area contributed by atoms with Crippen LogP contribution in [0.4, 0.5) is 0 Å². The van der Waals surface area contributed by atoms with Crippen LogP contribution in [-0.2, 0) is 16.4 Å². The summed E-state index contributed by atoms with van der Waals surface area (Å²) in [6.45, 7) is 0.483. The fraction of sp³-hybridized carbons (Fsp3) is 0.381. The van der Waals surface area contributed by atoms with Gasteiger partial charge in [0.1, 0.15) is 5.75 Å². The number of carbonyl (C=O) groups excluding carboxylic acids is 1. The number of rotatable bonds is 6. The number of hydrogen-bond acceptors (Lipinski definition) is 4. The Morgan fingerprint density at radius 1 is 1.18 bits per heavy atom. The highest BCUT2D eigenvalue weighted by atomic mass is 32.2. The van der Waals surface area contributed by atoms with Gasteiger partial charge in [-0.2, -0.15) is 4.31 Å². The van der Waals surface area contributed by atoms with Gasteiger partial charge in [0.05, 0.1) is 4.90 Å². The minimum Gasteiger partial charge on any atom is -0.508 e. The number of aryl methyl sites for hydroxylation is 1. The Morgan fingerprint density at radius 2 is 1.96 bits per heavy atom. The molecule has 1 aliphatic rings. The third-order valence-electron chi connectivity index (χ3n) is 5.18. The van der Waals surface area contributed by atoms with Gasteiger partial charge in [0.2, 0.25) is 10.0 Å². The summed E-state index contributed by atoms with van der Waals surface area (Å²) < 4.78 is 28.1. The molecule has 0 bridgehead atoms. The molecule has 3 rings (SSSR count). The van der Waals surface area contributed by atoms with Gasteiger partial charge in [-0.05, 0) is 61.6 Å². The Kier molecular flexibility index (Phi) is 6.36. The van der Waals surface area contributed by atoms with Gasteiger partial charge in [0, 0.05) is 25.2 Å². The first-order chi connectivity index (χ1) is 13.4. The molecular formula is C21H26N2O4S. The smallest absolute Gasteiger partial charge is 0.251 e. The average molecular weight is 403 g/mol. The summed E-state index contributed by atoms with van der Waals surface area (Å²) in [5, 5.41) is 12.2. The van der Waals surface area contributed by atoms with Crippen LogP contribution < -0.4 is 5.32 Å². The summed E-state index contributed by atoms with van der Waals surface area (Å²) in [6, 6.07) is 13.2. The SMILES string of the molecule is CNC(=O)c1cccc(S(=O)(=O)N2CCCCC2CCc2cccc(O)c2)c1. The second kappa shape index (κ2) is 8.75. The third-order valence-corrected chi connectivity index (χ3v) is 7.13. The standard InChI is InChI=1S/C21H26N2O4S/c1-22-21(25)17-7-5-10-20(15-17)28(26,27)23-13-3-2-8-18(23)12-11-16-6-4-9-19(24)14-16/h4-7,9-10,14-15,18,24H,2-3,8,11-13H2,1H3,(H,22,25). The van der Waals surface area contributed by atoms with Crippen molar-refractivity contribution in [3.8, 4) is 5.75 Å². The Labute approximate surface area is 166 Å². The molecule has 6 nitrogen and oxygen atoms in total. The Bertz CT molecular complexity index is 943. The molecule has 0 aromatic heterocycles. The topological polar surface area (TPSA) is 86.7 Å². The van der Waals surface area contributed by atoms with Crippen molar-refractivity contribution in [2.75, 3.05) is 13.6 Å². The monoisotopic (exact) mass is 402 g/mol. The zero-order chi connectivity index (χ0) is 20.1. The van der Waals surface area contributed by atoms with Crippen molar-refractivity contribution in [1.82, 2.24) is 9.62 Å². The molecule has 1 heterocycles. The fourth-order valence-corrected chi connectivity index (χ4v) is 5.47. The molecule has 0 saturated carbocycles. The average Bonchev–Trinajstić information content (AvgIpc) is 2.72. The first kappa shape index (κ1) is 20.4. The summed E-state index contributed by atoms with van der Waals surface area (Å²) >= 11 is 0. The fourth-order valence-electron chi connectivity index (χ4n) is 3.70. The maximum Gasteiger partial charge on any atom is 0.251 e. The zero-order valence-electron chi connectivity index (χ0n) is 16.0. The van der Waals surface area contributed by atoms with Crippen molar-refractivity contribution in [1.29, 1.82) is 0 Å². The van der Waals surface area contributed by atoms with Gasteiger partial charge in [0.25, 0.3) is 5.91 Å². The number of benzene rings is 2. The lowest BCUT2D eigenvalue weighted by molar-refractivity contribution is 0.0963. The van der Waals surface area contributed by atoms with E-state index in [9.17, 15) is 18.3 Å². The van der Waals surface area contributed by atoms with Gasteiger partial charge in [-0.1, -0.05) is 24.6 Å². The summed E-state index contributed by atoms with van der Waals surface area (Å²) in [5.41, 5.74) is 1.32. The molecule has 1 unspecified atom stereocenters. The van der Waals surface area contributed by atoms with Crippen LogP contribution in [0.3, 0.4) is 0 Å². The summed E-state index contributed by atoms with van der Waals surface area (Å²) in [4.78, 5) is 12.0. The summed E-state index contributed by atoms with van der Waals surface area (Å²) in [5.74, 6) is -0.0900. The molecule has 150 valence electrons. The molecule has 2 aromatic rings. The van der Waals surface area contributed by atoms with Crippen molar-refractivity contribution >= 4 is 15.9 Å². The van der Waals surface area contributed by atoms with Gasteiger partial charge in [-0.3, -0.25) is 4.79 Å². The lowest BCUT2D eigenvalue weighted by Crippen LogP contribution is -2.43. The predicted octanol–water partition coefficient (Wildman–Crippen LogP) is 2.93. The highest BCUT2D eigenvalue weighted by Gasteiger charge is 2.33. The van der Waals surface area contributed by atoms with Gasteiger partial charge in [-0.25, -0.2) is 8.42 Å². The lowest BCUT2D eigenvalue weighted by atomic mass is 9.98.